The SMILES string of the molecule is CCc1cccnc1CNC(N)=O. The Morgan fingerprint density at radius 2 is 2.46 bits per heavy atom. The van der Waals surface area contributed by atoms with Gasteiger partial charge >= 0.3 is 6.03 Å². The Bertz CT molecular complexity index is 299. The second-order valence-electron chi connectivity index (χ2n) is 2.68. The third kappa shape index (κ3) is 2.74. The first kappa shape index (κ1) is 9.51. The van der Waals surface area contributed by atoms with Gasteiger partial charge in [0.1, 0.15) is 0 Å². The molecule has 2 amide bonds. The molecule has 0 atom stereocenters. The number of aryl methyl sites for hydroxylation is 1. The highest BCUT2D eigenvalue weighted by Crippen LogP contribution is 2.04. The van der Waals surface area contributed by atoms with Gasteiger partial charge < -0.3 is 11.1 Å². The Balaban J connectivity index is 2.69. The average molecular weight is 179 g/mol. The van der Waals surface area contributed by atoms with Gasteiger partial charge in [0.2, 0.25) is 0 Å². The van der Waals surface area contributed by atoms with E-state index in [-0.39, 0.29) is 0 Å². The summed E-state index contributed by atoms with van der Waals surface area (Å²) in [6.07, 6.45) is 2.61. The minimum absolute atomic E-state index is 0.402. The zero-order chi connectivity index (χ0) is 9.68. The van der Waals surface area contributed by atoms with Crippen LogP contribution in [0, 0.1) is 0 Å². The van der Waals surface area contributed by atoms with E-state index in [0.717, 1.165) is 17.7 Å². The summed E-state index contributed by atoms with van der Waals surface area (Å²) in [6, 6.07) is 3.35. The molecule has 0 aromatic carbocycles. The highest BCUT2D eigenvalue weighted by atomic mass is 16.2. The second kappa shape index (κ2) is 4.45. The Kier molecular flexibility index (Phi) is 3.25. The van der Waals surface area contributed by atoms with Crippen molar-refractivity contribution in [2.24, 2.45) is 5.73 Å². The van der Waals surface area contributed by atoms with Crippen LogP contribution >= 0.6 is 0 Å². The number of nitrogens with zero attached hydrogens (tertiary/aromatic N) is 1. The molecule has 1 aromatic heterocycles. The molecule has 0 aliphatic heterocycles. The molecular formula is C9H13N3O. The molecular weight excluding hydrogens is 166 g/mol. The Hall–Kier alpha value is -1.58. The molecule has 13 heavy (non-hydrogen) atoms. The highest BCUT2D eigenvalue weighted by molar-refractivity contribution is 5.71. The average Bonchev–Trinajstić information content (AvgIpc) is 2.15. The summed E-state index contributed by atoms with van der Waals surface area (Å²) in [5, 5.41) is 2.51. The maximum atomic E-state index is 10.5. The van der Waals surface area contributed by atoms with Crippen molar-refractivity contribution in [3.8, 4) is 0 Å². The van der Waals surface area contributed by atoms with Crippen LogP contribution in [0.2, 0.25) is 0 Å². The van der Waals surface area contributed by atoms with Crippen molar-refractivity contribution < 1.29 is 4.79 Å². The lowest BCUT2D eigenvalue weighted by Gasteiger charge is -2.05. The quantitative estimate of drug-likeness (QED) is 0.721. The number of amides is 2. The second-order valence-corrected chi connectivity index (χ2v) is 2.68. The van der Waals surface area contributed by atoms with Crippen LogP contribution < -0.4 is 11.1 Å². The van der Waals surface area contributed by atoms with E-state index in [1.165, 1.54) is 0 Å². The van der Waals surface area contributed by atoms with E-state index in [4.69, 9.17) is 5.73 Å². The van der Waals surface area contributed by atoms with Gasteiger partial charge in [0.15, 0.2) is 0 Å². The zero-order valence-electron chi connectivity index (χ0n) is 7.58. The van der Waals surface area contributed by atoms with Gasteiger partial charge in [-0.2, -0.15) is 0 Å². The fourth-order valence-electron chi connectivity index (χ4n) is 1.12. The summed E-state index contributed by atoms with van der Waals surface area (Å²) in [6.45, 7) is 2.45. The molecule has 0 saturated heterocycles. The minimum Gasteiger partial charge on any atom is -0.352 e. The summed E-state index contributed by atoms with van der Waals surface area (Å²) in [5.41, 5.74) is 6.97. The molecule has 0 unspecified atom stereocenters. The Morgan fingerprint density at radius 3 is 3.08 bits per heavy atom. The lowest BCUT2D eigenvalue weighted by molar-refractivity contribution is 0.248. The first-order chi connectivity index (χ1) is 6.24. The summed E-state index contributed by atoms with van der Waals surface area (Å²) in [7, 11) is 0. The predicted octanol–water partition coefficient (Wildman–Crippen LogP) is 0.812. The van der Waals surface area contributed by atoms with E-state index >= 15 is 0 Å². The number of primary amides is 1. The topological polar surface area (TPSA) is 68.0 Å². The van der Waals surface area contributed by atoms with Crippen molar-refractivity contribution in [3.63, 3.8) is 0 Å². The number of carbonyl (C=O) groups excluding carboxylic acids is 1. The minimum atomic E-state index is -0.521. The van der Waals surface area contributed by atoms with Crippen molar-refractivity contribution in [1.29, 1.82) is 0 Å². The third-order valence-electron chi connectivity index (χ3n) is 1.80. The fourth-order valence-corrected chi connectivity index (χ4v) is 1.12. The van der Waals surface area contributed by atoms with E-state index < -0.39 is 6.03 Å². The van der Waals surface area contributed by atoms with Gasteiger partial charge in [-0.05, 0) is 18.1 Å². The summed E-state index contributed by atoms with van der Waals surface area (Å²) in [4.78, 5) is 14.6. The lowest BCUT2D eigenvalue weighted by Crippen LogP contribution is -2.29. The van der Waals surface area contributed by atoms with Crippen LogP contribution in [0.25, 0.3) is 0 Å². The van der Waals surface area contributed by atoms with Gasteiger partial charge in [-0.15, -0.1) is 0 Å². The maximum Gasteiger partial charge on any atom is 0.312 e. The van der Waals surface area contributed by atoms with Crippen LogP contribution in [0.3, 0.4) is 0 Å². The number of nitrogens with two attached hydrogens (primary N) is 1. The molecule has 1 rings (SSSR count). The number of carbonyl (C=O) groups is 1. The molecule has 1 heterocycles. The maximum absolute atomic E-state index is 10.5. The van der Waals surface area contributed by atoms with Crippen LogP contribution in [0.5, 0.6) is 0 Å². The van der Waals surface area contributed by atoms with Gasteiger partial charge in [-0.1, -0.05) is 13.0 Å². The number of aromatic nitrogens is 1. The van der Waals surface area contributed by atoms with Crippen molar-refractivity contribution >= 4 is 6.03 Å². The molecule has 0 radical (unpaired) electrons. The van der Waals surface area contributed by atoms with Gasteiger partial charge in [0.25, 0.3) is 0 Å². The van der Waals surface area contributed by atoms with Gasteiger partial charge in [0, 0.05) is 6.20 Å². The van der Waals surface area contributed by atoms with Crippen LogP contribution in [-0.2, 0) is 13.0 Å². The Morgan fingerprint density at radius 1 is 1.69 bits per heavy atom. The van der Waals surface area contributed by atoms with Crippen LogP contribution in [-0.4, -0.2) is 11.0 Å². The molecule has 0 fully saturated rings. The molecule has 70 valence electrons. The van der Waals surface area contributed by atoms with Crippen molar-refractivity contribution in [1.82, 2.24) is 10.3 Å². The van der Waals surface area contributed by atoms with Gasteiger partial charge in [0.05, 0.1) is 12.2 Å². The number of urea groups is 1. The van der Waals surface area contributed by atoms with E-state index in [1.54, 1.807) is 6.20 Å². The van der Waals surface area contributed by atoms with E-state index in [0.29, 0.717) is 6.54 Å². The summed E-state index contributed by atoms with van der Waals surface area (Å²) >= 11 is 0. The number of nitrogens with one attached hydrogen (secondary N) is 1. The Labute approximate surface area is 77.2 Å². The van der Waals surface area contributed by atoms with Crippen molar-refractivity contribution in [3.05, 3.63) is 29.6 Å². The van der Waals surface area contributed by atoms with E-state index in [9.17, 15) is 4.79 Å². The molecule has 4 heteroatoms. The normalized spacial score (nSPS) is 9.62. The van der Waals surface area contributed by atoms with Gasteiger partial charge in [-0.25, -0.2) is 4.79 Å². The number of pyridine rings is 1. The smallest absolute Gasteiger partial charge is 0.312 e. The van der Waals surface area contributed by atoms with Crippen LogP contribution in [0.1, 0.15) is 18.2 Å². The molecule has 1 aromatic rings. The summed E-state index contributed by atoms with van der Waals surface area (Å²) in [5.74, 6) is 0. The molecule has 3 N–H and O–H groups in total. The summed E-state index contributed by atoms with van der Waals surface area (Å²) < 4.78 is 0. The van der Waals surface area contributed by atoms with E-state index in [2.05, 4.69) is 10.3 Å². The molecule has 0 bridgehead atoms. The molecule has 0 spiro atoms. The van der Waals surface area contributed by atoms with Crippen LogP contribution in [0.4, 0.5) is 4.79 Å². The molecule has 0 saturated carbocycles. The first-order valence-corrected chi connectivity index (χ1v) is 4.20. The number of hydrogen-bond donors (Lipinski definition) is 2. The zero-order valence-corrected chi connectivity index (χ0v) is 7.58. The number of hydrogen-bond acceptors (Lipinski definition) is 2. The van der Waals surface area contributed by atoms with Crippen molar-refractivity contribution in [2.45, 2.75) is 19.9 Å². The predicted molar refractivity (Wildman–Crippen MR) is 50.0 cm³/mol. The third-order valence-corrected chi connectivity index (χ3v) is 1.80. The first-order valence-electron chi connectivity index (χ1n) is 4.20. The standard InChI is InChI=1S/C9H13N3O/c1-2-7-4-3-5-11-8(7)6-12-9(10)13/h3-5H,2,6H2,1H3,(H3,10,12,13). The molecule has 0 aliphatic carbocycles. The highest BCUT2D eigenvalue weighted by Gasteiger charge is 2.01. The monoisotopic (exact) mass is 179 g/mol. The van der Waals surface area contributed by atoms with Crippen molar-refractivity contribution in [2.75, 3.05) is 0 Å². The van der Waals surface area contributed by atoms with Crippen LogP contribution in [0.15, 0.2) is 18.3 Å². The van der Waals surface area contributed by atoms with Gasteiger partial charge in [-0.3, -0.25) is 4.98 Å². The number of rotatable bonds is 3. The molecule has 4 nitrogen and oxygen atoms in total. The molecule has 0 aliphatic rings. The fraction of sp³-hybridized carbons (Fsp3) is 0.333. The van der Waals surface area contributed by atoms with E-state index in [1.807, 2.05) is 19.1 Å². The lowest BCUT2D eigenvalue weighted by atomic mass is 10.1. The largest absolute Gasteiger partial charge is 0.352 e.